The first kappa shape index (κ1) is 14.4. The second kappa shape index (κ2) is 5.98. The predicted molar refractivity (Wildman–Crippen MR) is 72.1 cm³/mol. The summed E-state index contributed by atoms with van der Waals surface area (Å²) >= 11 is 0. The van der Waals surface area contributed by atoms with Gasteiger partial charge in [-0.25, -0.2) is 4.79 Å². The number of hydrogen-bond donors (Lipinski definition) is 2. The third kappa shape index (κ3) is 2.95. The molecule has 2 heterocycles. The van der Waals surface area contributed by atoms with Crippen molar-refractivity contribution in [3.8, 4) is 0 Å². The van der Waals surface area contributed by atoms with Crippen molar-refractivity contribution in [1.29, 1.82) is 0 Å². The molecule has 0 radical (unpaired) electrons. The highest BCUT2D eigenvalue weighted by Crippen LogP contribution is 2.35. The SMILES string of the molecule is CCCC1(C(=O)O)CCN(C(=O)NCc2ccoc2)C1. The number of rotatable bonds is 5. The fourth-order valence-corrected chi connectivity index (χ4v) is 2.69. The molecule has 2 N–H and O–H groups in total. The minimum absolute atomic E-state index is 0.217. The van der Waals surface area contributed by atoms with Gasteiger partial charge in [0.1, 0.15) is 0 Å². The van der Waals surface area contributed by atoms with Gasteiger partial charge in [0.25, 0.3) is 0 Å². The molecule has 1 saturated heterocycles. The molecular weight excluding hydrogens is 260 g/mol. The molecule has 1 aromatic rings. The average molecular weight is 280 g/mol. The molecule has 0 spiro atoms. The number of amides is 2. The van der Waals surface area contributed by atoms with Crippen molar-refractivity contribution in [2.75, 3.05) is 13.1 Å². The number of nitrogens with zero attached hydrogens (tertiary/aromatic N) is 1. The number of carboxylic acids is 1. The van der Waals surface area contributed by atoms with Gasteiger partial charge in [-0.2, -0.15) is 0 Å². The number of carbonyl (C=O) groups is 2. The molecule has 6 heteroatoms. The van der Waals surface area contributed by atoms with Gasteiger partial charge < -0.3 is 19.7 Å². The normalized spacial score (nSPS) is 21.9. The Morgan fingerprint density at radius 1 is 1.55 bits per heavy atom. The third-order valence-electron chi connectivity index (χ3n) is 3.85. The number of carbonyl (C=O) groups excluding carboxylic acids is 1. The lowest BCUT2D eigenvalue weighted by atomic mass is 9.83. The van der Waals surface area contributed by atoms with E-state index in [0.29, 0.717) is 25.9 Å². The summed E-state index contributed by atoms with van der Waals surface area (Å²) in [5.41, 5.74) is 0.109. The van der Waals surface area contributed by atoms with Gasteiger partial charge in [0.15, 0.2) is 0 Å². The van der Waals surface area contributed by atoms with Crippen LogP contribution in [0.5, 0.6) is 0 Å². The van der Waals surface area contributed by atoms with Gasteiger partial charge in [-0.1, -0.05) is 13.3 Å². The maximum Gasteiger partial charge on any atom is 0.317 e. The van der Waals surface area contributed by atoms with Crippen molar-refractivity contribution in [3.05, 3.63) is 24.2 Å². The number of hydrogen-bond acceptors (Lipinski definition) is 3. The fourth-order valence-electron chi connectivity index (χ4n) is 2.69. The first-order chi connectivity index (χ1) is 9.57. The Labute approximate surface area is 117 Å². The molecule has 2 amide bonds. The largest absolute Gasteiger partial charge is 0.481 e. The van der Waals surface area contributed by atoms with Gasteiger partial charge in [0.2, 0.25) is 0 Å². The van der Waals surface area contributed by atoms with Crippen LogP contribution in [0.3, 0.4) is 0 Å². The van der Waals surface area contributed by atoms with Gasteiger partial charge in [-0.3, -0.25) is 4.79 Å². The third-order valence-corrected chi connectivity index (χ3v) is 3.85. The van der Waals surface area contributed by atoms with E-state index in [4.69, 9.17) is 4.42 Å². The highest BCUT2D eigenvalue weighted by molar-refractivity contribution is 5.79. The molecule has 110 valence electrons. The number of likely N-dealkylation sites (tertiary alicyclic amines) is 1. The van der Waals surface area contributed by atoms with Crippen LogP contribution in [0, 0.1) is 5.41 Å². The summed E-state index contributed by atoms with van der Waals surface area (Å²) in [6, 6.07) is 1.56. The van der Waals surface area contributed by atoms with Crippen molar-refractivity contribution in [2.45, 2.75) is 32.7 Å². The highest BCUT2D eigenvalue weighted by Gasteiger charge is 2.45. The zero-order valence-corrected chi connectivity index (χ0v) is 11.6. The summed E-state index contributed by atoms with van der Waals surface area (Å²) < 4.78 is 4.93. The molecule has 0 bridgehead atoms. The van der Waals surface area contributed by atoms with Crippen LogP contribution < -0.4 is 5.32 Å². The molecule has 1 unspecified atom stereocenters. The van der Waals surface area contributed by atoms with E-state index in [9.17, 15) is 14.7 Å². The van der Waals surface area contributed by atoms with Crippen LogP contribution in [0.25, 0.3) is 0 Å². The average Bonchev–Trinajstić information content (AvgIpc) is 3.06. The molecule has 1 aromatic heterocycles. The second-order valence-corrected chi connectivity index (χ2v) is 5.30. The van der Waals surface area contributed by atoms with Crippen molar-refractivity contribution >= 4 is 12.0 Å². The van der Waals surface area contributed by atoms with Crippen LogP contribution in [-0.4, -0.2) is 35.1 Å². The lowest BCUT2D eigenvalue weighted by Crippen LogP contribution is -2.41. The topological polar surface area (TPSA) is 82.8 Å². The first-order valence-electron chi connectivity index (χ1n) is 6.84. The standard InChI is InChI=1S/C14H20N2O4/c1-2-4-14(12(17)18)5-6-16(10-14)13(19)15-8-11-3-7-20-9-11/h3,7,9H,2,4-6,8,10H2,1H3,(H,15,19)(H,17,18). The van der Waals surface area contributed by atoms with E-state index in [2.05, 4.69) is 5.32 Å². The zero-order valence-electron chi connectivity index (χ0n) is 11.6. The number of aliphatic carboxylic acids is 1. The molecule has 1 aliphatic rings. The lowest BCUT2D eigenvalue weighted by molar-refractivity contribution is -0.148. The van der Waals surface area contributed by atoms with Gasteiger partial charge in [0, 0.05) is 25.2 Å². The maximum absolute atomic E-state index is 12.0. The predicted octanol–water partition coefficient (Wildman–Crippen LogP) is 2.07. The molecule has 1 atom stereocenters. The van der Waals surface area contributed by atoms with E-state index in [-0.39, 0.29) is 12.6 Å². The van der Waals surface area contributed by atoms with Crippen molar-refractivity contribution < 1.29 is 19.1 Å². The minimum atomic E-state index is -0.801. The smallest absolute Gasteiger partial charge is 0.317 e. The van der Waals surface area contributed by atoms with Crippen molar-refractivity contribution in [2.24, 2.45) is 5.41 Å². The van der Waals surface area contributed by atoms with Crippen LogP contribution in [0.1, 0.15) is 31.7 Å². The summed E-state index contributed by atoms with van der Waals surface area (Å²) in [5, 5.41) is 12.2. The summed E-state index contributed by atoms with van der Waals surface area (Å²) in [5.74, 6) is -0.801. The van der Waals surface area contributed by atoms with Gasteiger partial charge in [-0.15, -0.1) is 0 Å². The van der Waals surface area contributed by atoms with Gasteiger partial charge in [-0.05, 0) is 18.9 Å². The van der Waals surface area contributed by atoms with Gasteiger partial charge >= 0.3 is 12.0 Å². The van der Waals surface area contributed by atoms with E-state index < -0.39 is 11.4 Å². The molecule has 0 aliphatic carbocycles. The zero-order chi connectivity index (χ0) is 14.6. The highest BCUT2D eigenvalue weighted by atomic mass is 16.4. The van der Waals surface area contributed by atoms with E-state index in [1.165, 1.54) is 0 Å². The fraction of sp³-hybridized carbons (Fsp3) is 0.571. The van der Waals surface area contributed by atoms with Crippen LogP contribution in [-0.2, 0) is 11.3 Å². The first-order valence-corrected chi connectivity index (χ1v) is 6.84. The molecular formula is C14H20N2O4. The summed E-state index contributed by atoms with van der Waals surface area (Å²) in [7, 11) is 0. The lowest BCUT2D eigenvalue weighted by Gasteiger charge is -2.24. The Hall–Kier alpha value is -1.98. The maximum atomic E-state index is 12.0. The molecule has 0 saturated carbocycles. The van der Waals surface area contributed by atoms with Gasteiger partial charge in [0.05, 0.1) is 17.9 Å². The molecule has 1 aliphatic heterocycles. The van der Waals surface area contributed by atoms with E-state index in [1.807, 2.05) is 6.92 Å². The second-order valence-electron chi connectivity index (χ2n) is 5.30. The van der Waals surface area contributed by atoms with Crippen LogP contribution in [0.4, 0.5) is 4.79 Å². The Morgan fingerprint density at radius 2 is 2.35 bits per heavy atom. The minimum Gasteiger partial charge on any atom is -0.481 e. The summed E-state index contributed by atoms with van der Waals surface area (Å²) in [4.78, 5) is 25.1. The number of carboxylic acid groups (broad SMARTS) is 1. The summed E-state index contributed by atoms with van der Waals surface area (Å²) in [6.07, 6.45) is 5.05. The number of nitrogens with one attached hydrogen (secondary N) is 1. The Morgan fingerprint density at radius 3 is 2.95 bits per heavy atom. The monoisotopic (exact) mass is 280 g/mol. The quantitative estimate of drug-likeness (QED) is 0.865. The Kier molecular flexibility index (Phi) is 4.32. The Bertz CT molecular complexity index is 472. The molecule has 20 heavy (non-hydrogen) atoms. The molecule has 1 fully saturated rings. The van der Waals surface area contributed by atoms with E-state index in [0.717, 1.165) is 12.0 Å². The van der Waals surface area contributed by atoms with Crippen LogP contribution >= 0.6 is 0 Å². The molecule has 2 rings (SSSR count). The molecule has 6 nitrogen and oxygen atoms in total. The molecule has 0 aromatic carbocycles. The Balaban J connectivity index is 1.90. The van der Waals surface area contributed by atoms with Crippen LogP contribution in [0.15, 0.2) is 23.0 Å². The van der Waals surface area contributed by atoms with E-state index >= 15 is 0 Å². The summed E-state index contributed by atoms with van der Waals surface area (Å²) in [6.45, 7) is 3.13. The number of furan rings is 1. The number of urea groups is 1. The van der Waals surface area contributed by atoms with Crippen molar-refractivity contribution in [3.63, 3.8) is 0 Å². The van der Waals surface area contributed by atoms with Crippen molar-refractivity contribution in [1.82, 2.24) is 10.2 Å². The van der Waals surface area contributed by atoms with Crippen LogP contribution in [0.2, 0.25) is 0 Å². The van der Waals surface area contributed by atoms with E-state index in [1.54, 1.807) is 23.5 Å².